The van der Waals surface area contributed by atoms with Crippen molar-refractivity contribution in [1.29, 1.82) is 0 Å². The fourth-order valence-electron chi connectivity index (χ4n) is 4.37. The smallest absolute Gasteiger partial charge is 0.255 e. The fourth-order valence-corrected chi connectivity index (χ4v) is 4.37. The van der Waals surface area contributed by atoms with Crippen molar-refractivity contribution in [1.82, 2.24) is 19.6 Å². The molecule has 1 atom stereocenters. The third kappa shape index (κ3) is 4.06. The van der Waals surface area contributed by atoms with E-state index in [1.807, 2.05) is 28.0 Å². The first kappa shape index (κ1) is 17.0. The molecule has 2 aliphatic heterocycles. The molecule has 6 heteroatoms. The van der Waals surface area contributed by atoms with Crippen molar-refractivity contribution in [2.75, 3.05) is 32.7 Å². The molecule has 1 unspecified atom stereocenters. The van der Waals surface area contributed by atoms with Gasteiger partial charge in [-0.25, -0.2) is 0 Å². The maximum absolute atomic E-state index is 12.8. The minimum absolute atomic E-state index is 0.0238. The molecule has 3 heterocycles. The topological polar surface area (TPSA) is 61.6 Å². The quantitative estimate of drug-likeness (QED) is 0.845. The Hall–Kier alpha value is -1.40. The standard InChI is InChI=1S/C19H30N4O2/c24-18-19(25,7-1-9-22(18)13-16-3-4-16)15-21-11-5-17(6-12-21)14-23-10-2-8-20-23/h2,8,10,16-17,25H,1,3-7,9,11-15H2. The lowest BCUT2D eigenvalue weighted by Gasteiger charge is -2.42. The molecule has 3 aliphatic rings. The molecule has 3 fully saturated rings. The van der Waals surface area contributed by atoms with Crippen LogP contribution in [0.15, 0.2) is 18.5 Å². The van der Waals surface area contributed by atoms with Gasteiger partial charge in [0.15, 0.2) is 5.60 Å². The molecule has 138 valence electrons. The molecule has 4 rings (SSSR count). The summed E-state index contributed by atoms with van der Waals surface area (Å²) in [6.45, 7) is 5.08. The SMILES string of the molecule is O=C1N(CC2CC2)CCCC1(O)CN1CCC(Cn2cccn2)CC1. The molecule has 1 aromatic heterocycles. The Balaban J connectivity index is 1.28. The van der Waals surface area contributed by atoms with Gasteiger partial charge in [0.1, 0.15) is 0 Å². The summed E-state index contributed by atoms with van der Waals surface area (Å²) in [6.07, 6.45) is 10.1. The molecular formula is C19H30N4O2. The van der Waals surface area contributed by atoms with Gasteiger partial charge in [0.2, 0.25) is 0 Å². The summed E-state index contributed by atoms with van der Waals surface area (Å²) < 4.78 is 2.01. The molecule has 1 saturated carbocycles. The van der Waals surface area contributed by atoms with Gasteiger partial charge >= 0.3 is 0 Å². The molecule has 1 aromatic rings. The van der Waals surface area contributed by atoms with Crippen LogP contribution < -0.4 is 0 Å². The van der Waals surface area contributed by atoms with Crippen molar-refractivity contribution >= 4 is 5.91 Å². The second kappa shape index (κ2) is 7.08. The van der Waals surface area contributed by atoms with Crippen molar-refractivity contribution in [2.24, 2.45) is 11.8 Å². The Labute approximate surface area is 149 Å². The number of aromatic nitrogens is 2. The van der Waals surface area contributed by atoms with Crippen molar-refractivity contribution in [3.8, 4) is 0 Å². The number of nitrogens with zero attached hydrogens (tertiary/aromatic N) is 4. The fraction of sp³-hybridized carbons (Fsp3) is 0.789. The van der Waals surface area contributed by atoms with Gasteiger partial charge in [-0.05, 0) is 69.5 Å². The van der Waals surface area contributed by atoms with Gasteiger partial charge in [0.05, 0.1) is 0 Å². The average Bonchev–Trinajstić information content (AvgIpc) is 3.27. The molecule has 0 aromatic carbocycles. The number of likely N-dealkylation sites (tertiary alicyclic amines) is 2. The Kier molecular flexibility index (Phi) is 4.82. The number of rotatable bonds is 6. The molecule has 2 saturated heterocycles. The zero-order chi connectivity index (χ0) is 17.3. The van der Waals surface area contributed by atoms with Crippen molar-refractivity contribution in [2.45, 2.75) is 50.7 Å². The van der Waals surface area contributed by atoms with Crippen LogP contribution in [0.25, 0.3) is 0 Å². The molecule has 1 aliphatic carbocycles. The van der Waals surface area contributed by atoms with Crippen molar-refractivity contribution in [3.63, 3.8) is 0 Å². The Bertz CT molecular complexity index is 578. The van der Waals surface area contributed by atoms with Crippen LogP contribution in [-0.4, -0.2) is 68.9 Å². The summed E-state index contributed by atoms with van der Waals surface area (Å²) >= 11 is 0. The highest BCUT2D eigenvalue weighted by atomic mass is 16.3. The Morgan fingerprint density at radius 1 is 1.12 bits per heavy atom. The first-order chi connectivity index (χ1) is 12.1. The van der Waals surface area contributed by atoms with Gasteiger partial charge in [-0.15, -0.1) is 0 Å². The number of hydrogen-bond acceptors (Lipinski definition) is 4. The van der Waals surface area contributed by atoms with E-state index in [0.717, 1.165) is 52.0 Å². The number of hydrogen-bond donors (Lipinski definition) is 1. The monoisotopic (exact) mass is 346 g/mol. The largest absolute Gasteiger partial charge is 0.379 e. The maximum atomic E-state index is 12.8. The van der Waals surface area contributed by atoms with E-state index in [0.29, 0.717) is 24.8 Å². The van der Waals surface area contributed by atoms with Crippen LogP contribution in [0.4, 0.5) is 0 Å². The predicted molar refractivity (Wildman–Crippen MR) is 94.9 cm³/mol. The average molecular weight is 346 g/mol. The van der Waals surface area contributed by atoms with Gasteiger partial charge in [-0.1, -0.05) is 0 Å². The Morgan fingerprint density at radius 3 is 2.56 bits per heavy atom. The van der Waals surface area contributed by atoms with Crippen LogP contribution in [0.5, 0.6) is 0 Å². The first-order valence-corrected chi connectivity index (χ1v) is 9.84. The third-order valence-corrected chi connectivity index (χ3v) is 6.08. The van der Waals surface area contributed by atoms with Crippen molar-refractivity contribution < 1.29 is 9.90 Å². The van der Waals surface area contributed by atoms with E-state index in [-0.39, 0.29) is 5.91 Å². The van der Waals surface area contributed by atoms with Gasteiger partial charge in [-0.3, -0.25) is 14.4 Å². The van der Waals surface area contributed by atoms with Crippen LogP contribution >= 0.6 is 0 Å². The van der Waals surface area contributed by atoms with Crippen LogP contribution in [0.2, 0.25) is 0 Å². The zero-order valence-electron chi connectivity index (χ0n) is 15.0. The van der Waals surface area contributed by atoms with E-state index in [4.69, 9.17) is 0 Å². The Morgan fingerprint density at radius 2 is 1.88 bits per heavy atom. The summed E-state index contributed by atoms with van der Waals surface area (Å²) in [5.41, 5.74) is -1.16. The molecule has 25 heavy (non-hydrogen) atoms. The van der Waals surface area contributed by atoms with E-state index in [1.165, 1.54) is 12.8 Å². The summed E-state index contributed by atoms with van der Waals surface area (Å²) in [7, 11) is 0. The normalized spacial score (nSPS) is 29.3. The van der Waals surface area contributed by atoms with Gasteiger partial charge in [0.25, 0.3) is 5.91 Å². The highest BCUT2D eigenvalue weighted by Crippen LogP contribution is 2.33. The molecule has 0 spiro atoms. The number of amides is 1. The van der Waals surface area contributed by atoms with Gasteiger partial charge < -0.3 is 10.0 Å². The number of carbonyl (C=O) groups excluding carboxylic acids is 1. The number of β-amino-alcohol motifs (C(OH)–C–C–N with tert-alkyl or cyclic N) is 1. The molecule has 0 bridgehead atoms. The van der Waals surface area contributed by atoms with E-state index < -0.39 is 5.60 Å². The van der Waals surface area contributed by atoms with Crippen molar-refractivity contribution in [3.05, 3.63) is 18.5 Å². The first-order valence-electron chi connectivity index (χ1n) is 9.84. The van der Waals surface area contributed by atoms with Crippen LogP contribution in [-0.2, 0) is 11.3 Å². The molecular weight excluding hydrogens is 316 g/mol. The summed E-state index contributed by atoms with van der Waals surface area (Å²) in [5, 5.41) is 15.3. The van der Waals surface area contributed by atoms with E-state index in [2.05, 4.69) is 10.00 Å². The maximum Gasteiger partial charge on any atom is 0.255 e. The summed E-state index contributed by atoms with van der Waals surface area (Å²) in [5.74, 6) is 1.30. The van der Waals surface area contributed by atoms with Gasteiger partial charge in [-0.2, -0.15) is 5.10 Å². The summed E-state index contributed by atoms with van der Waals surface area (Å²) in [6, 6.07) is 1.97. The summed E-state index contributed by atoms with van der Waals surface area (Å²) in [4.78, 5) is 17.0. The second-order valence-electron chi connectivity index (χ2n) is 8.28. The number of piperidine rings is 2. The van der Waals surface area contributed by atoms with E-state index in [9.17, 15) is 9.90 Å². The molecule has 0 radical (unpaired) electrons. The van der Waals surface area contributed by atoms with E-state index >= 15 is 0 Å². The lowest BCUT2D eigenvalue weighted by molar-refractivity contribution is -0.160. The number of carbonyl (C=O) groups is 1. The lowest BCUT2D eigenvalue weighted by Crippen LogP contribution is -2.59. The van der Waals surface area contributed by atoms with E-state index in [1.54, 1.807) is 0 Å². The van der Waals surface area contributed by atoms with Gasteiger partial charge in [0, 0.05) is 38.6 Å². The minimum Gasteiger partial charge on any atom is -0.379 e. The van der Waals surface area contributed by atoms with Crippen LogP contribution in [0.3, 0.4) is 0 Å². The predicted octanol–water partition coefficient (Wildman–Crippen LogP) is 1.36. The number of aliphatic hydroxyl groups is 1. The molecule has 6 nitrogen and oxygen atoms in total. The minimum atomic E-state index is -1.16. The molecule has 1 N–H and O–H groups in total. The third-order valence-electron chi connectivity index (χ3n) is 6.08. The van der Waals surface area contributed by atoms with Crippen LogP contribution in [0.1, 0.15) is 38.5 Å². The zero-order valence-corrected chi connectivity index (χ0v) is 15.0. The second-order valence-corrected chi connectivity index (χ2v) is 8.28. The lowest BCUT2D eigenvalue weighted by atomic mass is 9.89. The van der Waals surface area contributed by atoms with Crippen LogP contribution in [0, 0.1) is 11.8 Å². The molecule has 1 amide bonds. The highest BCUT2D eigenvalue weighted by molar-refractivity contribution is 5.86. The highest BCUT2D eigenvalue weighted by Gasteiger charge is 2.44.